The van der Waals surface area contributed by atoms with Gasteiger partial charge in [0, 0.05) is 0 Å². The minimum absolute atomic E-state index is 0.280. The second-order valence-electron chi connectivity index (χ2n) is 5.03. The normalized spacial score (nSPS) is 12.0. The van der Waals surface area contributed by atoms with E-state index in [1.54, 1.807) is 37.4 Å². The number of halogens is 2. The van der Waals surface area contributed by atoms with Crippen LogP contribution in [0.5, 0.6) is 5.75 Å². The standard InChI is InChI=1S/C17H16Cl2O3/c1-10-8-12(22-2)6-7-13(10)14(17(20)21)9-11-4-3-5-15(18)16(11)19/h3-8,14H,9H2,1-2H3,(H,20,21). The number of carboxylic acids is 1. The van der Waals surface area contributed by atoms with Gasteiger partial charge in [0.05, 0.1) is 23.1 Å². The van der Waals surface area contributed by atoms with Crippen LogP contribution in [-0.2, 0) is 11.2 Å². The SMILES string of the molecule is COc1ccc(C(Cc2cccc(Cl)c2Cl)C(=O)O)c(C)c1. The molecule has 0 spiro atoms. The largest absolute Gasteiger partial charge is 0.497 e. The highest BCUT2D eigenvalue weighted by Crippen LogP contribution is 2.32. The molecule has 0 radical (unpaired) electrons. The number of ether oxygens (including phenoxy) is 1. The molecule has 1 N–H and O–H groups in total. The van der Waals surface area contributed by atoms with Crippen LogP contribution >= 0.6 is 23.2 Å². The molecule has 0 fully saturated rings. The minimum atomic E-state index is -0.899. The van der Waals surface area contributed by atoms with Gasteiger partial charge in [-0.3, -0.25) is 4.79 Å². The molecular formula is C17H16Cl2O3. The van der Waals surface area contributed by atoms with Gasteiger partial charge in [-0.1, -0.05) is 41.4 Å². The Balaban J connectivity index is 2.39. The summed E-state index contributed by atoms with van der Waals surface area (Å²) in [5.41, 5.74) is 2.33. The van der Waals surface area contributed by atoms with Crippen molar-refractivity contribution < 1.29 is 14.6 Å². The van der Waals surface area contributed by atoms with E-state index < -0.39 is 11.9 Å². The molecule has 2 rings (SSSR count). The number of carbonyl (C=O) groups is 1. The van der Waals surface area contributed by atoms with E-state index in [-0.39, 0.29) is 6.42 Å². The fourth-order valence-electron chi connectivity index (χ4n) is 2.42. The molecule has 0 bridgehead atoms. The first kappa shape index (κ1) is 16.7. The lowest BCUT2D eigenvalue weighted by Gasteiger charge is -2.17. The molecule has 116 valence electrons. The molecule has 2 aromatic rings. The molecule has 1 atom stereocenters. The smallest absolute Gasteiger partial charge is 0.311 e. The maximum absolute atomic E-state index is 11.7. The summed E-state index contributed by atoms with van der Waals surface area (Å²) in [6.07, 6.45) is 0.280. The van der Waals surface area contributed by atoms with Gasteiger partial charge < -0.3 is 9.84 Å². The highest BCUT2D eigenvalue weighted by molar-refractivity contribution is 6.42. The predicted octanol–water partition coefficient (Wildman–Crippen LogP) is 4.72. The third-order valence-electron chi connectivity index (χ3n) is 3.61. The van der Waals surface area contributed by atoms with E-state index in [4.69, 9.17) is 27.9 Å². The van der Waals surface area contributed by atoms with Crippen LogP contribution in [0.4, 0.5) is 0 Å². The molecule has 0 aromatic heterocycles. The van der Waals surface area contributed by atoms with Gasteiger partial charge >= 0.3 is 5.97 Å². The van der Waals surface area contributed by atoms with Crippen molar-refractivity contribution in [2.45, 2.75) is 19.3 Å². The van der Waals surface area contributed by atoms with Gasteiger partial charge in [0.2, 0.25) is 0 Å². The maximum atomic E-state index is 11.7. The Kier molecular flexibility index (Phi) is 5.33. The lowest BCUT2D eigenvalue weighted by molar-refractivity contribution is -0.138. The van der Waals surface area contributed by atoms with Crippen molar-refractivity contribution in [3.05, 3.63) is 63.1 Å². The summed E-state index contributed by atoms with van der Waals surface area (Å²) in [5, 5.41) is 10.4. The molecule has 5 heteroatoms. The number of aryl methyl sites for hydroxylation is 1. The first-order valence-corrected chi connectivity index (χ1v) is 7.50. The van der Waals surface area contributed by atoms with Crippen LogP contribution in [0.15, 0.2) is 36.4 Å². The van der Waals surface area contributed by atoms with Crippen LogP contribution in [0.3, 0.4) is 0 Å². The minimum Gasteiger partial charge on any atom is -0.497 e. The Hall–Kier alpha value is -1.71. The molecule has 0 aliphatic heterocycles. The fraction of sp³-hybridized carbons (Fsp3) is 0.235. The number of carboxylic acid groups (broad SMARTS) is 1. The molecular weight excluding hydrogens is 323 g/mol. The summed E-state index contributed by atoms with van der Waals surface area (Å²) in [4.78, 5) is 11.7. The van der Waals surface area contributed by atoms with Gasteiger partial charge in [-0.25, -0.2) is 0 Å². The van der Waals surface area contributed by atoms with Crippen LogP contribution in [0.25, 0.3) is 0 Å². The highest BCUT2D eigenvalue weighted by Gasteiger charge is 2.23. The van der Waals surface area contributed by atoms with Crippen molar-refractivity contribution in [1.29, 1.82) is 0 Å². The summed E-state index contributed by atoms with van der Waals surface area (Å²) < 4.78 is 5.16. The van der Waals surface area contributed by atoms with Crippen LogP contribution in [0.2, 0.25) is 10.0 Å². The molecule has 0 amide bonds. The molecule has 0 aliphatic rings. The van der Waals surface area contributed by atoms with E-state index in [9.17, 15) is 9.90 Å². The van der Waals surface area contributed by atoms with Gasteiger partial charge in [0.1, 0.15) is 5.75 Å². The lowest BCUT2D eigenvalue weighted by atomic mass is 9.89. The lowest BCUT2D eigenvalue weighted by Crippen LogP contribution is -2.16. The number of hydrogen-bond donors (Lipinski definition) is 1. The van der Waals surface area contributed by atoms with Gasteiger partial charge in [-0.2, -0.15) is 0 Å². The number of methoxy groups -OCH3 is 1. The topological polar surface area (TPSA) is 46.5 Å². The van der Waals surface area contributed by atoms with Crippen LogP contribution in [0, 0.1) is 6.92 Å². The summed E-state index contributed by atoms with van der Waals surface area (Å²) in [6.45, 7) is 1.87. The highest BCUT2D eigenvalue weighted by atomic mass is 35.5. The van der Waals surface area contributed by atoms with Crippen LogP contribution in [-0.4, -0.2) is 18.2 Å². The first-order chi connectivity index (χ1) is 10.4. The molecule has 22 heavy (non-hydrogen) atoms. The summed E-state index contributed by atoms with van der Waals surface area (Å²) in [6, 6.07) is 10.6. The second-order valence-corrected chi connectivity index (χ2v) is 5.82. The van der Waals surface area contributed by atoms with Crippen molar-refractivity contribution in [3.8, 4) is 5.75 Å². The molecule has 1 unspecified atom stereocenters. The van der Waals surface area contributed by atoms with E-state index in [0.717, 1.165) is 16.7 Å². The Morgan fingerprint density at radius 3 is 2.59 bits per heavy atom. The predicted molar refractivity (Wildman–Crippen MR) is 88.3 cm³/mol. The van der Waals surface area contributed by atoms with E-state index >= 15 is 0 Å². The molecule has 3 nitrogen and oxygen atoms in total. The monoisotopic (exact) mass is 338 g/mol. The zero-order chi connectivity index (χ0) is 16.3. The third kappa shape index (κ3) is 3.54. The van der Waals surface area contributed by atoms with E-state index in [1.807, 2.05) is 13.0 Å². The van der Waals surface area contributed by atoms with Crippen LogP contribution in [0.1, 0.15) is 22.6 Å². The molecule has 0 saturated heterocycles. The number of benzene rings is 2. The summed E-state index contributed by atoms with van der Waals surface area (Å²) >= 11 is 12.2. The van der Waals surface area contributed by atoms with E-state index in [2.05, 4.69) is 0 Å². The quantitative estimate of drug-likeness (QED) is 0.857. The zero-order valence-corrected chi connectivity index (χ0v) is 13.8. The van der Waals surface area contributed by atoms with Crippen LogP contribution < -0.4 is 4.74 Å². The van der Waals surface area contributed by atoms with Crippen molar-refractivity contribution in [1.82, 2.24) is 0 Å². The third-order valence-corrected chi connectivity index (χ3v) is 4.46. The van der Waals surface area contributed by atoms with Crippen molar-refractivity contribution >= 4 is 29.2 Å². The Labute approximate surface area is 139 Å². The molecule has 0 heterocycles. The van der Waals surface area contributed by atoms with Crippen molar-refractivity contribution in [2.24, 2.45) is 0 Å². The maximum Gasteiger partial charge on any atom is 0.311 e. The summed E-state index contributed by atoms with van der Waals surface area (Å²) in [5.74, 6) is -0.891. The van der Waals surface area contributed by atoms with Crippen molar-refractivity contribution in [2.75, 3.05) is 7.11 Å². The number of rotatable bonds is 5. The average Bonchev–Trinajstić information content (AvgIpc) is 2.49. The van der Waals surface area contributed by atoms with Gasteiger partial charge in [-0.15, -0.1) is 0 Å². The molecule has 0 aliphatic carbocycles. The molecule has 0 saturated carbocycles. The van der Waals surface area contributed by atoms with Crippen molar-refractivity contribution in [3.63, 3.8) is 0 Å². The zero-order valence-electron chi connectivity index (χ0n) is 12.3. The van der Waals surface area contributed by atoms with E-state index in [1.165, 1.54) is 0 Å². The Bertz CT molecular complexity index is 698. The number of hydrogen-bond acceptors (Lipinski definition) is 2. The fourth-order valence-corrected chi connectivity index (χ4v) is 2.82. The van der Waals surface area contributed by atoms with Gasteiger partial charge in [0.15, 0.2) is 0 Å². The van der Waals surface area contributed by atoms with E-state index in [0.29, 0.717) is 15.8 Å². The number of aliphatic carboxylic acids is 1. The Morgan fingerprint density at radius 2 is 2.00 bits per heavy atom. The molecule has 2 aromatic carbocycles. The second kappa shape index (κ2) is 7.03. The Morgan fingerprint density at radius 1 is 1.27 bits per heavy atom. The van der Waals surface area contributed by atoms with Gasteiger partial charge in [0.25, 0.3) is 0 Å². The average molecular weight is 339 g/mol. The first-order valence-electron chi connectivity index (χ1n) is 6.74. The van der Waals surface area contributed by atoms with Gasteiger partial charge in [-0.05, 0) is 48.2 Å². The summed E-state index contributed by atoms with van der Waals surface area (Å²) in [7, 11) is 1.58.